The van der Waals surface area contributed by atoms with Gasteiger partial charge in [0.1, 0.15) is 5.82 Å². The second kappa shape index (κ2) is 5.83. The Kier molecular flexibility index (Phi) is 4.16. The number of hydrogen-bond acceptors (Lipinski definition) is 5. The molecule has 0 atom stereocenters. The number of aromatic nitrogens is 2. The standard InChI is InChI=1S/C12H11FN2O3S/c1-7-2-8(4-9(13)3-7)12-14-10(18-15-12)5-19-6-11(16)17/h2-4H,5-6H2,1H3,(H,16,17). The lowest BCUT2D eigenvalue weighted by atomic mass is 10.1. The van der Waals surface area contributed by atoms with Crippen LogP contribution < -0.4 is 0 Å². The molecule has 0 aliphatic heterocycles. The Balaban J connectivity index is 2.09. The van der Waals surface area contributed by atoms with Gasteiger partial charge < -0.3 is 9.63 Å². The van der Waals surface area contributed by atoms with Crippen molar-refractivity contribution in [3.63, 3.8) is 0 Å². The predicted octanol–water partition coefficient (Wildman–Crippen LogP) is 2.50. The molecular formula is C12H11FN2O3S. The van der Waals surface area contributed by atoms with Gasteiger partial charge in [0.15, 0.2) is 0 Å². The SMILES string of the molecule is Cc1cc(F)cc(-c2noc(CSCC(=O)O)n2)c1. The Bertz CT molecular complexity index is 580. The summed E-state index contributed by atoms with van der Waals surface area (Å²) in [6.45, 7) is 1.77. The zero-order valence-corrected chi connectivity index (χ0v) is 10.9. The summed E-state index contributed by atoms with van der Waals surface area (Å²) in [6, 6.07) is 4.49. The molecule has 1 aromatic heterocycles. The molecule has 1 heterocycles. The van der Waals surface area contributed by atoms with Gasteiger partial charge in [0, 0.05) is 5.56 Å². The highest BCUT2D eigenvalue weighted by Crippen LogP contribution is 2.20. The van der Waals surface area contributed by atoms with E-state index in [4.69, 9.17) is 9.63 Å². The lowest BCUT2D eigenvalue weighted by Crippen LogP contribution is -1.98. The normalized spacial score (nSPS) is 10.6. The highest BCUT2D eigenvalue weighted by molar-refractivity contribution is 7.99. The molecule has 0 aliphatic carbocycles. The van der Waals surface area contributed by atoms with Crippen LogP contribution in [0.5, 0.6) is 0 Å². The number of nitrogens with zero attached hydrogens (tertiary/aromatic N) is 2. The van der Waals surface area contributed by atoms with E-state index in [0.717, 1.165) is 17.3 Å². The maximum Gasteiger partial charge on any atom is 0.313 e. The van der Waals surface area contributed by atoms with E-state index in [1.807, 2.05) is 0 Å². The largest absolute Gasteiger partial charge is 0.481 e. The highest BCUT2D eigenvalue weighted by atomic mass is 32.2. The molecule has 1 N–H and O–H groups in total. The second-order valence-electron chi connectivity index (χ2n) is 3.92. The van der Waals surface area contributed by atoms with E-state index in [2.05, 4.69) is 10.1 Å². The topological polar surface area (TPSA) is 76.2 Å². The van der Waals surface area contributed by atoms with Gasteiger partial charge in [-0.2, -0.15) is 4.98 Å². The van der Waals surface area contributed by atoms with Crippen LogP contribution in [0.15, 0.2) is 22.7 Å². The van der Waals surface area contributed by atoms with E-state index in [1.54, 1.807) is 13.0 Å². The molecule has 0 unspecified atom stereocenters. The van der Waals surface area contributed by atoms with Gasteiger partial charge in [-0.25, -0.2) is 4.39 Å². The summed E-state index contributed by atoms with van der Waals surface area (Å²) in [6.07, 6.45) is 0. The van der Waals surface area contributed by atoms with Crippen molar-refractivity contribution in [2.75, 3.05) is 5.75 Å². The van der Waals surface area contributed by atoms with Crippen LogP contribution in [-0.4, -0.2) is 27.0 Å². The van der Waals surface area contributed by atoms with E-state index in [0.29, 0.717) is 23.0 Å². The number of halogens is 1. The molecule has 0 bridgehead atoms. The third kappa shape index (κ3) is 3.78. The first kappa shape index (κ1) is 13.5. The average molecular weight is 282 g/mol. The summed E-state index contributed by atoms with van der Waals surface area (Å²) in [4.78, 5) is 14.5. The fourth-order valence-electron chi connectivity index (χ4n) is 1.52. The minimum absolute atomic E-state index is 0.0310. The molecule has 0 aliphatic rings. The van der Waals surface area contributed by atoms with Gasteiger partial charge in [0.2, 0.25) is 11.7 Å². The number of aliphatic carboxylic acids is 1. The highest BCUT2D eigenvalue weighted by Gasteiger charge is 2.10. The van der Waals surface area contributed by atoms with Crippen LogP contribution >= 0.6 is 11.8 Å². The number of hydrogen-bond donors (Lipinski definition) is 1. The fourth-order valence-corrected chi connectivity index (χ4v) is 2.09. The quantitative estimate of drug-likeness (QED) is 0.908. The molecule has 0 spiro atoms. The van der Waals surface area contributed by atoms with E-state index < -0.39 is 5.97 Å². The zero-order chi connectivity index (χ0) is 13.8. The fraction of sp³-hybridized carbons (Fsp3) is 0.250. The third-order valence-electron chi connectivity index (χ3n) is 2.22. The van der Waals surface area contributed by atoms with Crippen molar-refractivity contribution in [2.24, 2.45) is 0 Å². The predicted molar refractivity (Wildman–Crippen MR) is 68.2 cm³/mol. The van der Waals surface area contributed by atoms with Crippen LogP contribution in [0, 0.1) is 12.7 Å². The summed E-state index contributed by atoms with van der Waals surface area (Å²) in [5.41, 5.74) is 1.30. The number of carbonyl (C=O) groups is 1. The molecule has 2 rings (SSSR count). The van der Waals surface area contributed by atoms with Crippen LogP contribution in [0.1, 0.15) is 11.5 Å². The molecular weight excluding hydrogens is 271 g/mol. The van der Waals surface area contributed by atoms with E-state index in [9.17, 15) is 9.18 Å². The molecule has 0 radical (unpaired) electrons. The average Bonchev–Trinajstić information content (AvgIpc) is 2.76. The maximum absolute atomic E-state index is 13.3. The first-order chi connectivity index (χ1) is 9.04. The molecule has 0 saturated carbocycles. The van der Waals surface area contributed by atoms with Gasteiger partial charge >= 0.3 is 5.97 Å². The minimum atomic E-state index is -0.898. The first-order valence-electron chi connectivity index (χ1n) is 5.44. The maximum atomic E-state index is 13.3. The smallest absolute Gasteiger partial charge is 0.313 e. The number of aryl methyl sites for hydroxylation is 1. The van der Waals surface area contributed by atoms with E-state index in [1.165, 1.54) is 12.1 Å². The monoisotopic (exact) mass is 282 g/mol. The van der Waals surface area contributed by atoms with Crippen molar-refractivity contribution in [1.29, 1.82) is 0 Å². The van der Waals surface area contributed by atoms with Gasteiger partial charge in [-0.05, 0) is 30.7 Å². The van der Waals surface area contributed by atoms with E-state index in [-0.39, 0.29) is 11.6 Å². The Labute approximate surface area is 112 Å². The first-order valence-corrected chi connectivity index (χ1v) is 6.60. The molecule has 0 saturated heterocycles. The van der Waals surface area contributed by atoms with E-state index >= 15 is 0 Å². The Morgan fingerprint density at radius 1 is 1.47 bits per heavy atom. The van der Waals surface area contributed by atoms with Crippen LogP contribution in [-0.2, 0) is 10.5 Å². The van der Waals surface area contributed by atoms with Crippen LogP contribution in [0.4, 0.5) is 4.39 Å². The van der Waals surface area contributed by atoms with Crippen molar-refractivity contribution in [1.82, 2.24) is 10.1 Å². The number of carboxylic acid groups (broad SMARTS) is 1. The number of carboxylic acids is 1. The Morgan fingerprint density at radius 2 is 2.26 bits per heavy atom. The van der Waals surface area contributed by atoms with Crippen LogP contribution in [0.3, 0.4) is 0 Å². The Morgan fingerprint density at radius 3 is 2.95 bits per heavy atom. The Hall–Kier alpha value is -1.89. The molecule has 0 amide bonds. The summed E-state index contributed by atoms with van der Waals surface area (Å²) in [5, 5.41) is 12.3. The summed E-state index contributed by atoms with van der Waals surface area (Å²) >= 11 is 1.16. The van der Waals surface area contributed by atoms with Crippen LogP contribution in [0.2, 0.25) is 0 Å². The molecule has 5 nitrogen and oxygen atoms in total. The van der Waals surface area contributed by atoms with Crippen molar-refractivity contribution in [2.45, 2.75) is 12.7 Å². The van der Waals surface area contributed by atoms with Gasteiger partial charge in [-0.1, -0.05) is 5.16 Å². The number of thioether (sulfide) groups is 1. The lowest BCUT2D eigenvalue weighted by Gasteiger charge is -1.97. The summed E-state index contributed by atoms with van der Waals surface area (Å²) in [5.74, 6) is -0.353. The second-order valence-corrected chi connectivity index (χ2v) is 4.90. The van der Waals surface area contributed by atoms with Gasteiger partial charge in [0.25, 0.3) is 0 Å². The lowest BCUT2D eigenvalue weighted by molar-refractivity contribution is -0.133. The molecule has 0 fully saturated rings. The molecule has 19 heavy (non-hydrogen) atoms. The van der Waals surface area contributed by atoms with Gasteiger partial charge in [0.05, 0.1) is 11.5 Å². The van der Waals surface area contributed by atoms with Crippen molar-refractivity contribution >= 4 is 17.7 Å². The van der Waals surface area contributed by atoms with Gasteiger partial charge in [-0.3, -0.25) is 4.79 Å². The number of benzene rings is 1. The molecule has 100 valence electrons. The third-order valence-corrected chi connectivity index (χ3v) is 3.12. The zero-order valence-electron chi connectivity index (χ0n) is 10.1. The van der Waals surface area contributed by atoms with Crippen molar-refractivity contribution in [3.05, 3.63) is 35.5 Å². The molecule has 7 heteroatoms. The minimum Gasteiger partial charge on any atom is -0.481 e. The number of rotatable bonds is 5. The van der Waals surface area contributed by atoms with Crippen molar-refractivity contribution < 1.29 is 18.8 Å². The van der Waals surface area contributed by atoms with Gasteiger partial charge in [-0.15, -0.1) is 11.8 Å². The van der Waals surface area contributed by atoms with Crippen molar-refractivity contribution in [3.8, 4) is 11.4 Å². The summed E-state index contributed by atoms with van der Waals surface area (Å²) < 4.78 is 18.2. The molecule has 2 aromatic rings. The molecule has 1 aromatic carbocycles. The summed E-state index contributed by atoms with van der Waals surface area (Å²) in [7, 11) is 0. The van der Waals surface area contributed by atoms with Crippen LogP contribution in [0.25, 0.3) is 11.4 Å².